The molecule has 3 heteroatoms. The lowest BCUT2D eigenvalue weighted by atomic mass is 10.0. The van der Waals surface area contributed by atoms with Crippen molar-refractivity contribution in [3.05, 3.63) is 102 Å². The average Bonchev–Trinajstić information content (AvgIpc) is 2.75. The van der Waals surface area contributed by atoms with Gasteiger partial charge in [0.15, 0.2) is 0 Å². The third-order valence-electron chi connectivity index (χ3n) is 5.20. The fourth-order valence-corrected chi connectivity index (χ4v) is 3.59. The first-order chi connectivity index (χ1) is 14.0. The van der Waals surface area contributed by atoms with Crippen LogP contribution in [0.1, 0.15) is 35.7 Å². The maximum atomic E-state index is 11.3. The number of rotatable bonds is 5. The van der Waals surface area contributed by atoms with E-state index in [4.69, 9.17) is 0 Å². The van der Waals surface area contributed by atoms with E-state index < -0.39 is 5.97 Å². The zero-order chi connectivity index (χ0) is 20.4. The van der Waals surface area contributed by atoms with E-state index in [0.29, 0.717) is 5.92 Å². The molecule has 4 aromatic carbocycles. The molecule has 0 unspecified atom stereocenters. The molecule has 3 nitrogen and oxygen atoms in total. The van der Waals surface area contributed by atoms with E-state index >= 15 is 0 Å². The summed E-state index contributed by atoms with van der Waals surface area (Å²) >= 11 is 0. The lowest BCUT2D eigenvalue weighted by Gasteiger charge is -2.27. The number of hydrogen-bond acceptors (Lipinski definition) is 2. The van der Waals surface area contributed by atoms with Crippen LogP contribution >= 0.6 is 0 Å². The van der Waals surface area contributed by atoms with Crippen molar-refractivity contribution in [1.29, 1.82) is 0 Å². The lowest BCUT2D eigenvalue weighted by molar-refractivity contribution is 0.0697. The minimum Gasteiger partial charge on any atom is -0.478 e. The molecule has 0 saturated heterocycles. The van der Waals surface area contributed by atoms with E-state index in [2.05, 4.69) is 73.3 Å². The molecular formula is C26H23NO2. The molecule has 4 aromatic rings. The van der Waals surface area contributed by atoms with Gasteiger partial charge in [-0.05, 0) is 59.3 Å². The molecule has 4 rings (SSSR count). The van der Waals surface area contributed by atoms with Gasteiger partial charge in [-0.3, -0.25) is 0 Å². The summed E-state index contributed by atoms with van der Waals surface area (Å²) in [6.45, 7) is 4.37. The van der Waals surface area contributed by atoms with Crippen molar-refractivity contribution in [2.75, 3.05) is 4.90 Å². The van der Waals surface area contributed by atoms with Gasteiger partial charge in [-0.1, -0.05) is 62.4 Å². The van der Waals surface area contributed by atoms with E-state index in [-0.39, 0.29) is 5.56 Å². The largest absolute Gasteiger partial charge is 0.478 e. The number of carboxylic acid groups (broad SMARTS) is 1. The molecule has 0 saturated carbocycles. The minimum absolute atomic E-state index is 0.279. The SMILES string of the molecule is CC(C)c1ccc(N(c2ccc(C(=O)O)cc2)c2cccc3ccccc23)cc1. The summed E-state index contributed by atoms with van der Waals surface area (Å²) < 4.78 is 0. The number of aromatic carboxylic acids is 1. The molecule has 0 spiro atoms. The van der Waals surface area contributed by atoms with Crippen LogP contribution in [0.15, 0.2) is 91.0 Å². The van der Waals surface area contributed by atoms with Crippen molar-refractivity contribution in [1.82, 2.24) is 0 Å². The van der Waals surface area contributed by atoms with Crippen LogP contribution < -0.4 is 4.90 Å². The third kappa shape index (κ3) is 3.72. The first-order valence-electron chi connectivity index (χ1n) is 9.76. The molecule has 0 aromatic heterocycles. The first kappa shape index (κ1) is 18.8. The summed E-state index contributed by atoms with van der Waals surface area (Å²) in [6, 6.07) is 30.2. The van der Waals surface area contributed by atoms with Crippen molar-refractivity contribution in [3.63, 3.8) is 0 Å². The van der Waals surface area contributed by atoms with Gasteiger partial charge in [0.05, 0.1) is 11.3 Å². The van der Waals surface area contributed by atoms with Gasteiger partial charge < -0.3 is 10.0 Å². The molecule has 0 aliphatic heterocycles. The Bertz CT molecular complexity index is 1140. The van der Waals surface area contributed by atoms with E-state index in [9.17, 15) is 9.90 Å². The molecular weight excluding hydrogens is 358 g/mol. The number of nitrogens with zero attached hydrogens (tertiary/aromatic N) is 1. The highest BCUT2D eigenvalue weighted by Crippen LogP contribution is 2.39. The van der Waals surface area contributed by atoms with Crippen LogP contribution in [0.4, 0.5) is 17.1 Å². The number of anilines is 3. The van der Waals surface area contributed by atoms with Crippen molar-refractivity contribution >= 4 is 33.8 Å². The molecule has 0 aliphatic rings. The van der Waals surface area contributed by atoms with Crippen molar-refractivity contribution < 1.29 is 9.90 Å². The summed E-state index contributed by atoms with van der Waals surface area (Å²) in [4.78, 5) is 13.5. The highest BCUT2D eigenvalue weighted by Gasteiger charge is 2.16. The summed E-state index contributed by atoms with van der Waals surface area (Å²) in [5.74, 6) is -0.459. The Kier molecular flexibility index (Phi) is 5.05. The molecule has 1 N–H and O–H groups in total. The second-order valence-corrected chi connectivity index (χ2v) is 7.43. The predicted molar refractivity (Wildman–Crippen MR) is 120 cm³/mol. The number of carbonyl (C=O) groups is 1. The summed E-state index contributed by atoms with van der Waals surface area (Å²) in [5, 5.41) is 11.6. The molecule has 0 amide bonds. The molecule has 0 atom stereocenters. The average molecular weight is 381 g/mol. The Morgan fingerprint density at radius 2 is 1.34 bits per heavy atom. The lowest BCUT2D eigenvalue weighted by Crippen LogP contribution is -2.11. The van der Waals surface area contributed by atoms with Gasteiger partial charge in [0.2, 0.25) is 0 Å². The van der Waals surface area contributed by atoms with Crippen LogP contribution in [0.3, 0.4) is 0 Å². The van der Waals surface area contributed by atoms with Crippen LogP contribution in [0.25, 0.3) is 10.8 Å². The van der Waals surface area contributed by atoms with E-state index in [1.165, 1.54) is 5.56 Å². The summed E-state index contributed by atoms with van der Waals surface area (Å²) in [7, 11) is 0. The Balaban J connectivity index is 1.90. The zero-order valence-electron chi connectivity index (χ0n) is 16.5. The fraction of sp³-hybridized carbons (Fsp3) is 0.115. The second-order valence-electron chi connectivity index (χ2n) is 7.43. The van der Waals surface area contributed by atoms with Gasteiger partial charge in [-0.2, -0.15) is 0 Å². The van der Waals surface area contributed by atoms with Gasteiger partial charge in [0.1, 0.15) is 0 Å². The first-order valence-corrected chi connectivity index (χ1v) is 9.76. The topological polar surface area (TPSA) is 40.5 Å². The molecule has 0 fully saturated rings. The van der Waals surface area contributed by atoms with Crippen LogP contribution in [-0.4, -0.2) is 11.1 Å². The third-order valence-corrected chi connectivity index (χ3v) is 5.20. The van der Waals surface area contributed by atoms with Gasteiger partial charge in [-0.15, -0.1) is 0 Å². The van der Waals surface area contributed by atoms with Gasteiger partial charge in [-0.25, -0.2) is 4.79 Å². The second kappa shape index (κ2) is 7.80. The monoisotopic (exact) mass is 381 g/mol. The highest BCUT2D eigenvalue weighted by atomic mass is 16.4. The molecule has 0 heterocycles. The smallest absolute Gasteiger partial charge is 0.335 e. The molecule has 0 bridgehead atoms. The standard InChI is InChI=1S/C26H23NO2/c1-18(2)19-10-14-22(15-11-19)27(23-16-12-21(13-17-23)26(28)29)25-9-5-7-20-6-3-4-8-24(20)25/h3-18H,1-2H3,(H,28,29). The molecule has 144 valence electrons. The maximum absolute atomic E-state index is 11.3. The highest BCUT2D eigenvalue weighted by molar-refractivity contribution is 5.99. The van der Waals surface area contributed by atoms with Crippen molar-refractivity contribution in [2.45, 2.75) is 19.8 Å². The van der Waals surface area contributed by atoms with E-state index in [1.54, 1.807) is 12.1 Å². The Morgan fingerprint density at radius 1 is 0.759 bits per heavy atom. The zero-order valence-corrected chi connectivity index (χ0v) is 16.5. The number of carboxylic acids is 1. The molecule has 29 heavy (non-hydrogen) atoms. The Morgan fingerprint density at radius 3 is 1.97 bits per heavy atom. The number of benzene rings is 4. The minimum atomic E-state index is -0.922. The van der Waals surface area contributed by atoms with E-state index in [1.807, 2.05) is 24.3 Å². The Labute approximate surface area is 170 Å². The van der Waals surface area contributed by atoms with Crippen LogP contribution in [0, 0.1) is 0 Å². The molecule has 0 radical (unpaired) electrons. The van der Waals surface area contributed by atoms with Crippen molar-refractivity contribution in [2.24, 2.45) is 0 Å². The summed E-state index contributed by atoms with van der Waals surface area (Å²) in [5.41, 5.74) is 4.58. The van der Waals surface area contributed by atoms with E-state index in [0.717, 1.165) is 27.8 Å². The predicted octanol–water partition coefficient (Wildman–Crippen LogP) is 7.13. The van der Waals surface area contributed by atoms with Crippen molar-refractivity contribution in [3.8, 4) is 0 Å². The number of hydrogen-bond donors (Lipinski definition) is 1. The fourth-order valence-electron chi connectivity index (χ4n) is 3.59. The molecule has 0 aliphatic carbocycles. The normalized spacial score (nSPS) is 11.0. The number of fused-ring (bicyclic) bond motifs is 1. The Hall–Kier alpha value is -3.59. The van der Waals surface area contributed by atoms with Gasteiger partial charge in [0, 0.05) is 16.8 Å². The van der Waals surface area contributed by atoms with Gasteiger partial charge >= 0.3 is 5.97 Å². The van der Waals surface area contributed by atoms with Crippen LogP contribution in [-0.2, 0) is 0 Å². The van der Waals surface area contributed by atoms with Crippen LogP contribution in [0.5, 0.6) is 0 Å². The van der Waals surface area contributed by atoms with Gasteiger partial charge in [0.25, 0.3) is 0 Å². The van der Waals surface area contributed by atoms with Crippen LogP contribution in [0.2, 0.25) is 0 Å². The quantitative estimate of drug-likeness (QED) is 0.400. The summed E-state index contributed by atoms with van der Waals surface area (Å²) in [6.07, 6.45) is 0. The maximum Gasteiger partial charge on any atom is 0.335 e.